The van der Waals surface area contributed by atoms with E-state index in [0.29, 0.717) is 0 Å². The molecule has 0 fully saturated rings. The van der Waals surface area contributed by atoms with Crippen LogP contribution in [0.1, 0.15) is 6.42 Å². The molecular weight excluding hydrogens is 191 g/mol. The summed E-state index contributed by atoms with van der Waals surface area (Å²) in [7, 11) is 0. The first-order chi connectivity index (χ1) is 6.59. The van der Waals surface area contributed by atoms with Gasteiger partial charge in [0.1, 0.15) is 5.75 Å². The molecule has 14 heavy (non-hydrogen) atoms. The van der Waals surface area contributed by atoms with Gasteiger partial charge < -0.3 is 14.9 Å². The number of rotatable bonds is 4. The van der Waals surface area contributed by atoms with E-state index < -0.39 is 11.8 Å². The SMILES string of the molecule is O=C(O)CCOc1cc(O)ccc1F. The monoisotopic (exact) mass is 200 g/mol. The van der Waals surface area contributed by atoms with Gasteiger partial charge >= 0.3 is 5.97 Å². The molecule has 1 rings (SSSR count). The first-order valence-corrected chi connectivity index (χ1v) is 3.92. The lowest BCUT2D eigenvalue weighted by molar-refractivity contribution is -0.137. The maximum absolute atomic E-state index is 12.9. The highest BCUT2D eigenvalue weighted by Gasteiger charge is 2.05. The molecule has 0 spiro atoms. The average molecular weight is 200 g/mol. The van der Waals surface area contributed by atoms with Crippen LogP contribution in [0.2, 0.25) is 0 Å². The lowest BCUT2D eigenvalue weighted by Crippen LogP contribution is -2.05. The second-order valence-corrected chi connectivity index (χ2v) is 2.61. The van der Waals surface area contributed by atoms with E-state index in [1.54, 1.807) is 0 Å². The third kappa shape index (κ3) is 2.93. The fraction of sp³-hybridized carbons (Fsp3) is 0.222. The van der Waals surface area contributed by atoms with E-state index in [1.807, 2.05) is 0 Å². The maximum Gasteiger partial charge on any atom is 0.306 e. The van der Waals surface area contributed by atoms with E-state index in [2.05, 4.69) is 0 Å². The molecule has 0 saturated carbocycles. The van der Waals surface area contributed by atoms with Crippen molar-refractivity contribution in [3.63, 3.8) is 0 Å². The van der Waals surface area contributed by atoms with Gasteiger partial charge in [-0.2, -0.15) is 0 Å². The van der Waals surface area contributed by atoms with Gasteiger partial charge in [0, 0.05) is 6.07 Å². The summed E-state index contributed by atoms with van der Waals surface area (Å²) in [6, 6.07) is 3.32. The number of hydrogen-bond donors (Lipinski definition) is 2. The largest absolute Gasteiger partial charge is 0.508 e. The molecule has 1 aromatic carbocycles. The van der Waals surface area contributed by atoms with Crippen LogP contribution in [0.4, 0.5) is 4.39 Å². The summed E-state index contributed by atoms with van der Waals surface area (Å²) in [5, 5.41) is 17.3. The maximum atomic E-state index is 12.9. The van der Waals surface area contributed by atoms with Crippen molar-refractivity contribution < 1.29 is 24.1 Å². The fourth-order valence-electron chi connectivity index (χ4n) is 0.851. The number of aromatic hydroxyl groups is 1. The zero-order valence-corrected chi connectivity index (χ0v) is 7.24. The number of carboxylic acids is 1. The summed E-state index contributed by atoms with van der Waals surface area (Å²) in [5.41, 5.74) is 0. The van der Waals surface area contributed by atoms with Crippen molar-refractivity contribution in [2.24, 2.45) is 0 Å². The predicted molar refractivity (Wildman–Crippen MR) is 45.8 cm³/mol. The van der Waals surface area contributed by atoms with Crippen LogP contribution in [0, 0.1) is 5.82 Å². The number of carbonyl (C=O) groups is 1. The Morgan fingerprint density at radius 1 is 1.50 bits per heavy atom. The Morgan fingerprint density at radius 3 is 2.86 bits per heavy atom. The Kier molecular flexibility index (Phi) is 3.28. The van der Waals surface area contributed by atoms with Gasteiger partial charge in [-0.05, 0) is 12.1 Å². The highest BCUT2D eigenvalue weighted by atomic mass is 19.1. The molecule has 0 aliphatic rings. The number of benzene rings is 1. The molecule has 0 aliphatic heterocycles. The van der Waals surface area contributed by atoms with Crippen LogP contribution < -0.4 is 4.74 Å². The van der Waals surface area contributed by atoms with Crippen molar-refractivity contribution in [2.45, 2.75) is 6.42 Å². The molecule has 2 N–H and O–H groups in total. The molecule has 0 aromatic heterocycles. The second kappa shape index (κ2) is 4.45. The molecular formula is C9H9FO4. The molecule has 0 aliphatic carbocycles. The number of phenols is 1. The number of phenolic OH excluding ortho intramolecular Hbond substituents is 1. The quantitative estimate of drug-likeness (QED) is 0.770. The molecule has 0 bridgehead atoms. The summed E-state index contributed by atoms with van der Waals surface area (Å²) in [6.07, 6.45) is -0.213. The number of halogens is 1. The molecule has 1 aromatic rings. The van der Waals surface area contributed by atoms with Crippen LogP contribution >= 0.6 is 0 Å². The number of aliphatic carboxylic acids is 1. The molecule has 0 saturated heterocycles. The minimum atomic E-state index is -1.02. The first kappa shape index (κ1) is 10.3. The summed E-state index contributed by atoms with van der Waals surface area (Å²) >= 11 is 0. The Balaban J connectivity index is 2.57. The van der Waals surface area contributed by atoms with Crippen LogP contribution in [-0.2, 0) is 4.79 Å². The molecule has 0 amide bonds. The summed E-state index contributed by atoms with van der Waals surface area (Å²) in [6.45, 7) is -0.129. The highest BCUT2D eigenvalue weighted by Crippen LogP contribution is 2.22. The van der Waals surface area contributed by atoms with E-state index in [0.717, 1.165) is 12.1 Å². The molecule has 5 heteroatoms. The number of carboxylic acid groups (broad SMARTS) is 1. The second-order valence-electron chi connectivity index (χ2n) is 2.61. The molecule has 76 valence electrons. The van der Waals surface area contributed by atoms with Gasteiger partial charge in [0.15, 0.2) is 11.6 Å². The topological polar surface area (TPSA) is 66.8 Å². The van der Waals surface area contributed by atoms with Crippen molar-refractivity contribution >= 4 is 5.97 Å². The lowest BCUT2D eigenvalue weighted by atomic mass is 10.3. The minimum absolute atomic E-state index is 0.128. The zero-order chi connectivity index (χ0) is 10.6. The van der Waals surface area contributed by atoms with Gasteiger partial charge in [-0.15, -0.1) is 0 Å². The van der Waals surface area contributed by atoms with Crippen molar-refractivity contribution in [1.82, 2.24) is 0 Å². The van der Waals surface area contributed by atoms with Crippen molar-refractivity contribution in [2.75, 3.05) is 6.61 Å². The van der Waals surface area contributed by atoms with Crippen LogP contribution in [0.3, 0.4) is 0 Å². The van der Waals surface area contributed by atoms with Gasteiger partial charge in [-0.1, -0.05) is 0 Å². The Bertz CT molecular complexity index is 338. The minimum Gasteiger partial charge on any atom is -0.508 e. The average Bonchev–Trinajstić information content (AvgIpc) is 2.10. The molecule has 0 atom stereocenters. The van der Waals surface area contributed by atoms with Crippen molar-refractivity contribution in [3.8, 4) is 11.5 Å². The molecule has 0 unspecified atom stereocenters. The van der Waals surface area contributed by atoms with Crippen LogP contribution in [0.5, 0.6) is 11.5 Å². The van der Waals surface area contributed by atoms with Gasteiger partial charge in [-0.3, -0.25) is 4.79 Å². The molecule has 4 nitrogen and oxygen atoms in total. The first-order valence-electron chi connectivity index (χ1n) is 3.92. The van der Waals surface area contributed by atoms with E-state index >= 15 is 0 Å². The fourth-order valence-corrected chi connectivity index (χ4v) is 0.851. The Morgan fingerprint density at radius 2 is 2.21 bits per heavy atom. The van der Waals surface area contributed by atoms with Crippen LogP contribution in [0.25, 0.3) is 0 Å². The smallest absolute Gasteiger partial charge is 0.306 e. The van der Waals surface area contributed by atoms with Crippen molar-refractivity contribution in [3.05, 3.63) is 24.0 Å². The van der Waals surface area contributed by atoms with Gasteiger partial charge in [0.25, 0.3) is 0 Å². The Hall–Kier alpha value is -1.78. The van der Waals surface area contributed by atoms with E-state index in [9.17, 15) is 9.18 Å². The van der Waals surface area contributed by atoms with Crippen LogP contribution in [0.15, 0.2) is 18.2 Å². The molecule has 0 radical (unpaired) electrons. The third-order valence-electron chi connectivity index (χ3n) is 1.49. The lowest BCUT2D eigenvalue weighted by Gasteiger charge is -2.05. The predicted octanol–water partition coefficient (Wildman–Crippen LogP) is 1.38. The zero-order valence-electron chi connectivity index (χ0n) is 7.24. The van der Waals surface area contributed by atoms with E-state index in [-0.39, 0.29) is 24.5 Å². The summed E-state index contributed by atoms with van der Waals surface area (Å²) < 4.78 is 17.7. The van der Waals surface area contributed by atoms with E-state index in [1.165, 1.54) is 6.07 Å². The highest BCUT2D eigenvalue weighted by molar-refractivity contribution is 5.66. The standard InChI is InChI=1S/C9H9FO4/c10-7-2-1-6(11)5-8(7)14-4-3-9(12)13/h1-2,5,11H,3-4H2,(H,12,13). The summed E-state index contributed by atoms with van der Waals surface area (Å²) in [5.74, 6) is -1.93. The van der Waals surface area contributed by atoms with E-state index in [4.69, 9.17) is 14.9 Å². The summed E-state index contributed by atoms with van der Waals surface area (Å²) in [4.78, 5) is 10.1. The number of hydrogen-bond acceptors (Lipinski definition) is 3. The van der Waals surface area contributed by atoms with Crippen molar-refractivity contribution in [1.29, 1.82) is 0 Å². The van der Waals surface area contributed by atoms with Crippen LogP contribution in [-0.4, -0.2) is 22.8 Å². The normalized spacial score (nSPS) is 9.79. The third-order valence-corrected chi connectivity index (χ3v) is 1.49. The van der Waals surface area contributed by atoms with Gasteiger partial charge in [0.2, 0.25) is 0 Å². The molecule has 0 heterocycles. The Labute approximate surface area is 79.6 Å². The van der Waals surface area contributed by atoms with Gasteiger partial charge in [0.05, 0.1) is 13.0 Å². The van der Waals surface area contributed by atoms with Gasteiger partial charge in [-0.25, -0.2) is 4.39 Å². The number of ether oxygens (including phenoxy) is 1.